The molecule has 0 aliphatic carbocycles. The van der Waals surface area contributed by atoms with Crippen LogP contribution in [0.3, 0.4) is 0 Å². The summed E-state index contributed by atoms with van der Waals surface area (Å²) in [5, 5.41) is 12.2. The van der Waals surface area contributed by atoms with Crippen LogP contribution in [-0.2, 0) is 4.79 Å². The van der Waals surface area contributed by atoms with E-state index in [4.69, 9.17) is 11.6 Å². The average molecular weight is 357 g/mol. The van der Waals surface area contributed by atoms with Crippen molar-refractivity contribution in [2.24, 2.45) is 4.99 Å². The molecule has 3 aromatic rings. The molecule has 0 atom stereocenters. The summed E-state index contributed by atoms with van der Waals surface area (Å²) in [7, 11) is 0. The molecular formula is C17H9ClN2O3S. The molecule has 2 aromatic carbocycles. The number of nitrogens with zero attached hydrogens (tertiary/aromatic N) is 2. The molecule has 0 radical (unpaired) electrons. The number of aromatic hydroxyl groups is 1. The van der Waals surface area contributed by atoms with Crippen molar-refractivity contribution >= 4 is 34.4 Å². The van der Waals surface area contributed by atoms with Crippen molar-refractivity contribution in [2.75, 3.05) is 0 Å². The summed E-state index contributed by atoms with van der Waals surface area (Å²) in [4.78, 5) is 28.4. The third-order valence-corrected chi connectivity index (χ3v) is 4.87. The highest BCUT2D eigenvalue weighted by atomic mass is 35.5. The number of hydrogen-bond acceptors (Lipinski definition) is 4. The van der Waals surface area contributed by atoms with Crippen LogP contribution in [0.25, 0.3) is 11.3 Å². The van der Waals surface area contributed by atoms with Crippen molar-refractivity contribution in [3.63, 3.8) is 0 Å². The first kappa shape index (κ1) is 14.9. The first-order valence-corrected chi connectivity index (χ1v) is 8.19. The molecule has 1 amide bonds. The number of benzene rings is 2. The van der Waals surface area contributed by atoms with Gasteiger partial charge in [0.15, 0.2) is 0 Å². The molecule has 1 N–H and O–H groups in total. The lowest BCUT2D eigenvalue weighted by atomic mass is 10.1. The molecular weight excluding hydrogens is 348 g/mol. The molecule has 0 bridgehead atoms. The summed E-state index contributed by atoms with van der Waals surface area (Å²) in [6.45, 7) is 0. The monoisotopic (exact) mass is 356 g/mol. The number of carbonyl (C=O) groups is 1. The number of halogens is 1. The molecule has 0 saturated carbocycles. The molecule has 1 aliphatic heterocycles. The van der Waals surface area contributed by atoms with E-state index < -0.39 is 10.8 Å². The summed E-state index contributed by atoms with van der Waals surface area (Å²) in [6.07, 6.45) is 0. The van der Waals surface area contributed by atoms with Crippen LogP contribution in [-0.4, -0.2) is 15.6 Å². The lowest BCUT2D eigenvalue weighted by molar-refractivity contribution is -0.112. The van der Waals surface area contributed by atoms with Crippen molar-refractivity contribution in [1.82, 2.24) is 4.57 Å². The number of hydrogen-bond donors (Lipinski definition) is 1. The minimum absolute atomic E-state index is 0.207. The Morgan fingerprint density at radius 2 is 1.88 bits per heavy atom. The van der Waals surface area contributed by atoms with E-state index in [1.54, 1.807) is 48.5 Å². The zero-order valence-electron chi connectivity index (χ0n) is 12.1. The zero-order valence-corrected chi connectivity index (χ0v) is 13.6. The normalized spacial score (nSPS) is 13.0. The summed E-state index contributed by atoms with van der Waals surface area (Å²) in [5.41, 5.74) is 0.676. The largest absolute Gasteiger partial charge is 0.493 e. The second-order valence-corrected chi connectivity index (χ2v) is 6.54. The molecule has 1 aliphatic rings. The van der Waals surface area contributed by atoms with Gasteiger partial charge in [0.1, 0.15) is 4.88 Å². The molecule has 24 heavy (non-hydrogen) atoms. The Morgan fingerprint density at radius 1 is 1.08 bits per heavy atom. The van der Waals surface area contributed by atoms with E-state index in [1.807, 2.05) is 0 Å². The minimum atomic E-state index is -0.467. The molecule has 2 heterocycles. The van der Waals surface area contributed by atoms with Gasteiger partial charge in [-0.25, -0.2) is 9.56 Å². The fraction of sp³-hybridized carbons (Fsp3) is 0. The van der Waals surface area contributed by atoms with Gasteiger partial charge in [-0.05, 0) is 24.3 Å². The van der Waals surface area contributed by atoms with Gasteiger partial charge in [-0.15, -0.1) is 0 Å². The molecule has 0 spiro atoms. The minimum Gasteiger partial charge on any atom is -0.493 e. The maximum atomic E-state index is 12.4. The zero-order chi connectivity index (χ0) is 16.8. The Morgan fingerprint density at radius 3 is 2.67 bits per heavy atom. The molecule has 0 unspecified atom stereocenters. The van der Waals surface area contributed by atoms with Crippen LogP contribution in [0.2, 0.25) is 5.02 Å². The smallest absolute Gasteiger partial charge is 0.315 e. The number of aromatic nitrogens is 1. The molecule has 0 fully saturated rings. The van der Waals surface area contributed by atoms with E-state index in [2.05, 4.69) is 4.99 Å². The van der Waals surface area contributed by atoms with E-state index in [0.29, 0.717) is 21.3 Å². The van der Waals surface area contributed by atoms with Crippen molar-refractivity contribution in [3.05, 3.63) is 78.7 Å². The highest BCUT2D eigenvalue weighted by molar-refractivity contribution is 7.11. The van der Waals surface area contributed by atoms with Crippen LogP contribution in [0.5, 0.6) is 5.88 Å². The van der Waals surface area contributed by atoms with Crippen LogP contribution in [0.1, 0.15) is 4.88 Å². The fourth-order valence-corrected chi connectivity index (χ4v) is 3.78. The van der Waals surface area contributed by atoms with Gasteiger partial charge in [-0.3, -0.25) is 9.59 Å². The Kier molecular flexibility index (Phi) is 3.37. The summed E-state index contributed by atoms with van der Waals surface area (Å²) in [5.74, 6) is -0.756. The third-order valence-electron chi connectivity index (χ3n) is 3.69. The maximum absolute atomic E-state index is 12.4. The van der Waals surface area contributed by atoms with Crippen LogP contribution in [0.15, 0.2) is 58.3 Å². The van der Waals surface area contributed by atoms with Crippen LogP contribution in [0, 0.1) is 0 Å². The summed E-state index contributed by atoms with van der Waals surface area (Å²) in [6, 6.07) is 13.6. The second kappa shape index (κ2) is 5.43. The first-order chi connectivity index (χ1) is 11.6. The lowest BCUT2D eigenvalue weighted by Crippen LogP contribution is -2.22. The number of amides is 1. The number of rotatable bonds is 2. The highest BCUT2D eigenvalue weighted by Gasteiger charge is 2.26. The Balaban J connectivity index is 2.01. The number of thiazole rings is 1. The van der Waals surface area contributed by atoms with Crippen molar-refractivity contribution < 1.29 is 9.90 Å². The average Bonchev–Trinajstić information content (AvgIpc) is 3.02. The van der Waals surface area contributed by atoms with Crippen LogP contribution >= 0.6 is 22.9 Å². The fourth-order valence-electron chi connectivity index (χ4n) is 2.65. The van der Waals surface area contributed by atoms with Gasteiger partial charge in [-0.2, -0.15) is 0 Å². The molecule has 7 heteroatoms. The number of para-hydroxylation sites is 1. The number of fused-ring (bicyclic) bond motifs is 1. The SMILES string of the molecule is O=C1N=c2ccccc2=C1c1sc(=O)n(-c2cccc(Cl)c2)c1O. The van der Waals surface area contributed by atoms with Crippen molar-refractivity contribution in [2.45, 2.75) is 0 Å². The summed E-state index contributed by atoms with van der Waals surface area (Å²) >= 11 is 6.76. The van der Waals surface area contributed by atoms with E-state index in [9.17, 15) is 14.7 Å². The van der Waals surface area contributed by atoms with E-state index in [0.717, 1.165) is 15.9 Å². The standard InChI is InChI=1S/C17H9ClN2O3S/c18-9-4-3-5-10(8-9)20-16(22)14(24-17(20)23)13-11-6-1-2-7-12(11)19-15(13)21/h1-8,22H. The molecule has 1 aromatic heterocycles. The molecule has 118 valence electrons. The topological polar surface area (TPSA) is 71.7 Å². The van der Waals surface area contributed by atoms with Crippen molar-refractivity contribution in [1.29, 1.82) is 0 Å². The third kappa shape index (κ3) is 2.19. The van der Waals surface area contributed by atoms with Crippen LogP contribution < -0.4 is 15.4 Å². The van der Waals surface area contributed by atoms with Gasteiger partial charge in [-0.1, -0.05) is 47.2 Å². The summed E-state index contributed by atoms with van der Waals surface area (Å²) < 4.78 is 1.13. The quantitative estimate of drug-likeness (QED) is 0.758. The Hall–Kier alpha value is -2.70. The Labute approximate surface area is 144 Å². The predicted molar refractivity (Wildman–Crippen MR) is 91.3 cm³/mol. The van der Waals surface area contributed by atoms with Gasteiger partial charge < -0.3 is 5.11 Å². The molecule has 4 rings (SSSR count). The van der Waals surface area contributed by atoms with Gasteiger partial charge in [0.2, 0.25) is 5.88 Å². The van der Waals surface area contributed by atoms with Crippen molar-refractivity contribution in [3.8, 4) is 11.6 Å². The van der Waals surface area contributed by atoms with E-state index in [-0.39, 0.29) is 16.3 Å². The predicted octanol–water partition coefficient (Wildman–Crippen LogP) is 1.62. The molecule has 0 saturated heterocycles. The lowest BCUT2D eigenvalue weighted by Gasteiger charge is -2.04. The number of carbonyl (C=O) groups excluding carboxylic acids is 1. The molecule has 5 nitrogen and oxygen atoms in total. The van der Waals surface area contributed by atoms with E-state index >= 15 is 0 Å². The maximum Gasteiger partial charge on any atom is 0.315 e. The Bertz CT molecular complexity index is 1180. The van der Waals surface area contributed by atoms with Gasteiger partial charge in [0, 0.05) is 10.2 Å². The second-order valence-electron chi connectivity index (χ2n) is 5.15. The van der Waals surface area contributed by atoms with Gasteiger partial charge >= 0.3 is 4.87 Å². The van der Waals surface area contributed by atoms with Gasteiger partial charge in [0.25, 0.3) is 5.91 Å². The highest BCUT2D eigenvalue weighted by Crippen LogP contribution is 2.30. The van der Waals surface area contributed by atoms with Crippen LogP contribution in [0.4, 0.5) is 0 Å². The van der Waals surface area contributed by atoms with Gasteiger partial charge in [0.05, 0.1) is 16.6 Å². The first-order valence-electron chi connectivity index (χ1n) is 7.00. The van der Waals surface area contributed by atoms with E-state index in [1.165, 1.54) is 0 Å².